The zero-order chi connectivity index (χ0) is 13.6. The summed E-state index contributed by atoms with van der Waals surface area (Å²) in [7, 11) is 2.09. The van der Waals surface area contributed by atoms with Gasteiger partial charge in [-0.2, -0.15) is 0 Å². The van der Waals surface area contributed by atoms with Gasteiger partial charge in [-0.05, 0) is 55.8 Å². The third kappa shape index (κ3) is 1.89. The third-order valence-corrected chi connectivity index (χ3v) is 4.02. The van der Waals surface area contributed by atoms with Gasteiger partial charge in [0.2, 0.25) is 0 Å². The quantitative estimate of drug-likeness (QED) is 0.841. The van der Waals surface area contributed by atoms with Crippen molar-refractivity contribution in [2.24, 2.45) is 0 Å². The van der Waals surface area contributed by atoms with Crippen molar-refractivity contribution in [2.75, 3.05) is 0 Å². The van der Waals surface area contributed by atoms with Crippen molar-refractivity contribution in [2.45, 2.75) is 32.7 Å². The maximum atomic E-state index is 10.8. The molecule has 0 saturated carbocycles. The first-order valence-electron chi connectivity index (χ1n) is 6.51. The summed E-state index contributed by atoms with van der Waals surface area (Å²) in [5, 5.41) is 8.85. The standard InChI is InChI=1S/C14H16BN2O2/c1-9-12(5-6-14(18)19)10(2)17-13(9)8-11-4-3-7-16(11)15-17/h3-4,7-8,10H,5-6H2,1-2H3,(H,18,19). The van der Waals surface area contributed by atoms with Crippen LogP contribution in [0.3, 0.4) is 0 Å². The summed E-state index contributed by atoms with van der Waals surface area (Å²) in [5.41, 5.74) is 4.81. The summed E-state index contributed by atoms with van der Waals surface area (Å²) >= 11 is 0. The second-order valence-corrected chi connectivity index (χ2v) is 5.11. The Morgan fingerprint density at radius 3 is 3.05 bits per heavy atom. The van der Waals surface area contributed by atoms with E-state index < -0.39 is 5.97 Å². The minimum atomic E-state index is -0.735. The molecule has 0 saturated heterocycles. The smallest absolute Gasteiger partial charge is 0.396 e. The van der Waals surface area contributed by atoms with Gasteiger partial charge in [0.05, 0.1) is 0 Å². The first-order chi connectivity index (χ1) is 9.08. The minimum absolute atomic E-state index is 0.199. The molecule has 1 atom stereocenters. The van der Waals surface area contributed by atoms with E-state index in [1.54, 1.807) is 0 Å². The number of hydrogen-bond donors (Lipinski definition) is 1. The largest absolute Gasteiger partial charge is 0.481 e. The Bertz CT molecular complexity index is 600. The number of nitrogens with zero attached hydrogens (tertiary/aromatic N) is 2. The van der Waals surface area contributed by atoms with Crippen LogP contribution < -0.4 is 0 Å². The highest BCUT2D eigenvalue weighted by Gasteiger charge is 2.34. The topological polar surface area (TPSA) is 45.5 Å². The van der Waals surface area contributed by atoms with E-state index >= 15 is 0 Å². The second kappa shape index (κ2) is 4.33. The highest BCUT2D eigenvalue weighted by atomic mass is 16.4. The lowest BCUT2D eigenvalue weighted by Gasteiger charge is -2.30. The summed E-state index contributed by atoms with van der Waals surface area (Å²) < 4.78 is 2.09. The summed E-state index contributed by atoms with van der Waals surface area (Å²) in [5.74, 6) is -0.735. The average Bonchev–Trinajstić information content (AvgIpc) is 2.91. The van der Waals surface area contributed by atoms with E-state index in [-0.39, 0.29) is 12.5 Å². The number of carbonyl (C=O) groups is 1. The van der Waals surface area contributed by atoms with Gasteiger partial charge in [-0.15, -0.1) is 0 Å². The number of rotatable bonds is 3. The van der Waals surface area contributed by atoms with E-state index in [2.05, 4.69) is 42.8 Å². The van der Waals surface area contributed by atoms with E-state index in [0.29, 0.717) is 6.42 Å². The summed E-state index contributed by atoms with van der Waals surface area (Å²) in [6, 6.07) is 4.34. The monoisotopic (exact) mass is 255 g/mol. The number of hydrogen-bond acceptors (Lipinski definition) is 2. The van der Waals surface area contributed by atoms with Crippen molar-refractivity contribution in [1.82, 2.24) is 9.29 Å². The first-order valence-corrected chi connectivity index (χ1v) is 6.51. The fraction of sp³-hybridized carbons (Fsp3) is 0.357. The van der Waals surface area contributed by atoms with E-state index in [1.807, 2.05) is 12.3 Å². The van der Waals surface area contributed by atoms with Crippen LogP contribution in [0, 0.1) is 0 Å². The molecule has 1 aromatic rings. The zero-order valence-electron chi connectivity index (χ0n) is 11.1. The van der Waals surface area contributed by atoms with Crippen molar-refractivity contribution >= 4 is 19.6 Å². The number of fused-ring (bicyclic) bond motifs is 2. The van der Waals surface area contributed by atoms with Gasteiger partial charge in [-0.25, -0.2) is 0 Å². The summed E-state index contributed by atoms with van der Waals surface area (Å²) in [4.78, 5) is 13.0. The highest BCUT2D eigenvalue weighted by molar-refractivity contribution is 6.33. The molecule has 97 valence electrons. The average molecular weight is 255 g/mol. The lowest BCUT2D eigenvalue weighted by molar-refractivity contribution is -0.136. The Labute approximate surface area is 113 Å². The molecule has 4 nitrogen and oxygen atoms in total. The molecule has 3 heterocycles. The molecule has 0 amide bonds. The van der Waals surface area contributed by atoms with Crippen LogP contribution in [-0.4, -0.2) is 34.0 Å². The van der Waals surface area contributed by atoms with Gasteiger partial charge in [0.25, 0.3) is 0 Å². The number of carboxylic acid groups (broad SMARTS) is 1. The SMILES string of the molecule is CC1=C(CCC(=O)O)C(C)N2[B]n3cccc3C=C12. The molecule has 1 N–H and O–H groups in total. The van der Waals surface area contributed by atoms with E-state index in [1.165, 1.54) is 16.8 Å². The minimum Gasteiger partial charge on any atom is -0.481 e. The molecule has 0 bridgehead atoms. The van der Waals surface area contributed by atoms with Crippen LogP contribution in [0.5, 0.6) is 0 Å². The molecule has 19 heavy (non-hydrogen) atoms. The normalized spacial score (nSPS) is 20.8. The van der Waals surface area contributed by atoms with Crippen LogP contribution >= 0.6 is 0 Å². The molecule has 2 aliphatic rings. The molecule has 5 heteroatoms. The fourth-order valence-electron chi connectivity index (χ4n) is 2.94. The third-order valence-electron chi connectivity index (χ3n) is 4.02. The Balaban J connectivity index is 1.93. The zero-order valence-corrected chi connectivity index (χ0v) is 11.1. The predicted octanol–water partition coefficient (Wildman–Crippen LogP) is 2.11. The molecule has 2 aliphatic heterocycles. The van der Waals surface area contributed by atoms with E-state index in [9.17, 15) is 4.79 Å². The Hall–Kier alpha value is -1.91. The van der Waals surface area contributed by atoms with Gasteiger partial charge in [-0.3, -0.25) is 4.79 Å². The molecule has 0 fully saturated rings. The Morgan fingerprint density at radius 2 is 2.32 bits per heavy atom. The fourth-order valence-corrected chi connectivity index (χ4v) is 2.94. The molecule has 1 unspecified atom stereocenters. The lowest BCUT2D eigenvalue weighted by atomic mass is 9.98. The maximum absolute atomic E-state index is 10.8. The van der Waals surface area contributed by atoms with Gasteiger partial charge in [0.15, 0.2) is 0 Å². The van der Waals surface area contributed by atoms with Crippen LogP contribution in [0.2, 0.25) is 0 Å². The van der Waals surface area contributed by atoms with Crippen LogP contribution in [0.25, 0.3) is 6.08 Å². The summed E-state index contributed by atoms with van der Waals surface area (Å²) in [6.45, 7) is 4.22. The van der Waals surface area contributed by atoms with Crippen molar-refractivity contribution in [3.63, 3.8) is 0 Å². The van der Waals surface area contributed by atoms with Gasteiger partial charge in [-0.1, -0.05) is 0 Å². The predicted molar refractivity (Wildman–Crippen MR) is 74.4 cm³/mol. The van der Waals surface area contributed by atoms with Gasteiger partial charge < -0.3 is 14.4 Å². The summed E-state index contributed by atoms with van der Waals surface area (Å²) in [6.07, 6.45) is 5.02. The second-order valence-electron chi connectivity index (χ2n) is 5.11. The Morgan fingerprint density at radius 1 is 1.53 bits per heavy atom. The number of carboxylic acids is 1. The van der Waals surface area contributed by atoms with Gasteiger partial charge in [0, 0.05) is 23.9 Å². The maximum Gasteiger partial charge on any atom is 0.396 e. The van der Waals surface area contributed by atoms with Crippen LogP contribution in [0.15, 0.2) is 35.2 Å². The lowest BCUT2D eigenvalue weighted by Crippen LogP contribution is -2.38. The number of aromatic nitrogens is 1. The highest BCUT2D eigenvalue weighted by Crippen LogP contribution is 2.37. The van der Waals surface area contributed by atoms with Crippen LogP contribution in [0.1, 0.15) is 32.4 Å². The first kappa shape index (κ1) is 12.1. The number of aliphatic carboxylic acids is 1. The Kier molecular flexibility index (Phi) is 2.77. The molecule has 0 aliphatic carbocycles. The molecular weight excluding hydrogens is 239 g/mol. The van der Waals surface area contributed by atoms with Crippen molar-refractivity contribution in [1.29, 1.82) is 0 Å². The van der Waals surface area contributed by atoms with Crippen molar-refractivity contribution in [3.8, 4) is 0 Å². The molecular formula is C14H16BN2O2. The van der Waals surface area contributed by atoms with Crippen molar-refractivity contribution < 1.29 is 9.90 Å². The molecule has 0 aromatic carbocycles. The van der Waals surface area contributed by atoms with E-state index in [4.69, 9.17) is 5.11 Å². The molecule has 1 aromatic heterocycles. The van der Waals surface area contributed by atoms with Crippen molar-refractivity contribution in [3.05, 3.63) is 40.9 Å². The molecule has 1 radical (unpaired) electrons. The molecule has 0 spiro atoms. The number of allylic oxidation sites excluding steroid dienone is 1. The van der Waals surface area contributed by atoms with Gasteiger partial charge >= 0.3 is 13.5 Å². The molecule has 3 rings (SSSR count). The van der Waals surface area contributed by atoms with Crippen LogP contribution in [0.4, 0.5) is 0 Å². The van der Waals surface area contributed by atoms with E-state index in [0.717, 1.165) is 5.69 Å². The van der Waals surface area contributed by atoms with Gasteiger partial charge in [0.1, 0.15) is 0 Å². The van der Waals surface area contributed by atoms with Crippen LogP contribution in [-0.2, 0) is 4.79 Å².